The normalized spacial score (nSPS) is 15.1. The molecule has 0 saturated heterocycles. The van der Waals surface area contributed by atoms with Crippen LogP contribution in [-0.4, -0.2) is 30.4 Å². The number of thiophene rings is 1. The van der Waals surface area contributed by atoms with Gasteiger partial charge in [-0.15, -0.1) is 11.3 Å². The third-order valence-electron chi connectivity index (χ3n) is 3.74. The van der Waals surface area contributed by atoms with E-state index in [2.05, 4.69) is 11.0 Å². The van der Waals surface area contributed by atoms with Gasteiger partial charge in [-0.25, -0.2) is 0 Å². The fourth-order valence-corrected chi connectivity index (χ4v) is 3.65. The molecule has 0 N–H and O–H groups in total. The number of Topliss-reactive ketones (excluding diaryl/α,β-unsaturated/α-hetero) is 1. The summed E-state index contributed by atoms with van der Waals surface area (Å²) in [4.78, 5) is 17.0. The van der Waals surface area contributed by atoms with Gasteiger partial charge in [-0.3, -0.25) is 9.69 Å². The molecule has 0 aliphatic carbocycles. The van der Waals surface area contributed by atoms with Crippen LogP contribution < -0.4 is 4.74 Å². The number of rotatable bonds is 3. The van der Waals surface area contributed by atoms with E-state index in [1.165, 1.54) is 4.88 Å². The molecule has 110 valence electrons. The summed E-state index contributed by atoms with van der Waals surface area (Å²) < 4.78 is 5.74. The van der Waals surface area contributed by atoms with Gasteiger partial charge >= 0.3 is 0 Å². The number of benzene rings is 1. The molecule has 0 fully saturated rings. The van der Waals surface area contributed by atoms with Gasteiger partial charge in [0.15, 0.2) is 5.78 Å². The van der Waals surface area contributed by atoms with Gasteiger partial charge in [-0.2, -0.15) is 0 Å². The summed E-state index contributed by atoms with van der Waals surface area (Å²) in [6.07, 6.45) is 0. The molecular weight excluding hydrogens is 282 g/mol. The molecule has 1 aromatic heterocycles. The highest BCUT2D eigenvalue weighted by atomic mass is 32.1. The Morgan fingerprint density at radius 2 is 2.14 bits per heavy atom. The Hall–Kier alpha value is -1.65. The van der Waals surface area contributed by atoms with E-state index in [0.717, 1.165) is 34.8 Å². The largest absolute Gasteiger partial charge is 0.492 e. The molecule has 0 spiro atoms. The first-order valence-electron chi connectivity index (χ1n) is 7.17. The van der Waals surface area contributed by atoms with Crippen LogP contribution in [0.3, 0.4) is 0 Å². The Labute approximate surface area is 129 Å². The van der Waals surface area contributed by atoms with Gasteiger partial charge in [0.05, 0.1) is 6.54 Å². The Morgan fingerprint density at radius 3 is 2.90 bits per heavy atom. The average Bonchev–Trinajstić information content (AvgIpc) is 2.68. The number of fused-ring (bicyclic) bond motifs is 1. The van der Waals surface area contributed by atoms with Gasteiger partial charge in [0.25, 0.3) is 0 Å². The van der Waals surface area contributed by atoms with Gasteiger partial charge in [0.1, 0.15) is 12.4 Å². The fourth-order valence-electron chi connectivity index (χ4n) is 2.71. The number of aryl methyl sites for hydroxylation is 2. The standard InChI is InChI=1S/C17H19NO2S/c1-12-9-15(13(2)21-12)16(19)11-18-7-8-20-17-6-4-3-5-14(17)10-18/h3-6,9H,7-8,10-11H2,1-2H3. The Balaban J connectivity index is 1.73. The van der Waals surface area contributed by atoms with Crippen molar-refractivity contribution in [2.75, 3.05) is 19.7 Å². The van der Waals surface area contributed by atoms with E-state index in [4.69, 9.17) is 4.74 Å². The quantitative estimate of drug-likeness (QED) is 0.813. The van der Waals surface area contributed by atoms with Crippen LogP contribution >= 0.6 is 11.3 Å². The first-order valence-corrected chi connectivity index (χ1v) is 7.98. The van der Waals surface area contributed by atoms with Crippen molar-refractivity contribution in [3.05, 3.63) is 51.2 Å². The predicted molar refractivity (Wildman–Crippen MR) is 85.3 cm³/mol. The van der Waals surface area contributed by atoms with Crippen LogP contribution in [0.2, 0.25) is 0 Å². The highest BCUT2D eigenvalue weighted by Crippen LogP contribution is 2.24. The third-order valence-corrected chi connectivity index (χ3v) is 4.71. The van der Waals surface area contributed by atoms with E-state index in [9.17, 15) is 4.79 Å². The number of nitrogens with zero attached hydrogens (tertiary/aromatic N) is 1. The van der Waals surface area contributed by atoms with E-state index in [0.29, 0.717) is 13.2 Å². The lowest BCUT2D eigenvalue weighted by Gasteiger charge is -2.18. The van der Waals surface area contributed by atoms with Crippen LogP contribution in [-0.2, 0) is 6.54 Å². The van der Waals surface area contributed by atoms with Gasteiger partial charge < -0.3 is 4.74 Å². The topological polar surface area (TPSA) is 29.5 Å². The Morgan fingerprint density at radius 1 is 1.33 bits per heavy atom. The number of hydrogen-bond acceptors (Lipinski definition) is 4. The van der Waals surface area contributed by atoms with Crippen molar-refractivity contribution in [1.29, 1.82) is 0 Å². The van der Waals surface area contributed by atoms with E-state index in [1.54, 1.807) is 11.3 Å². The van der Waals surface area contributed by atoms with Crippen LogP contribution in [0.1, 0.15) is 25.7 Å². The molecule has 0 radical (unpaired) electrons. The zero-order chi connectivity index (χ0) is 14.8. The van der Waals surface area contributed by atoms with Crippen molar-refractivity contribution in [1.82, 2.24) is 4.90 Å². The van der Waals surface area contributed by atoms with Crippen LogP contribution in [0.4, 0.5) is 0 Å². The maximum absolute atomic E-state index is 12.5. The van der Waals surface area contributed by atoms with Crippen LogP contribution in [0.15, 0.2) is 30.3 Å². The number of carbonyl (C=O) groups is 1. The fraction of sp³-hybridized carbons (Fsp3) is 0.353. The highest BCUT2D eigenvalue weighted by Gasteiger charge is 2.19. The average molecular weight is 301 g/mol. The molecule has 1 aliphatic heterocycles. The lowest BCUT2D eigenvalue weighted by atomic mass is 10.1. The molecule has 2 aromatic rings. The summed E-state index contributed by atoms with van der Waals surface area (Å²) in [5.41, 5.74) is 2.02. The first-order chi connectivity index (χ1) is 10.1. The van der Waals surface area contributed by atoms with Crippen molar-refractivity contribution in [2.24, 2.45) is 0 Å². The second-order valence-corrected chi connectivity index (χ2v) is 6.88. The zero-order valence-corrected chi connectivity index (χ0v) is 13.2. The predicted octanol–water partition coefficient (Wildman–Crippen LogP) is 3.44. The monoisotopic (exact) mass is 301 g/mol. The smallest absolute Gasteiger partial charge is 0.177 e. The molecule has 4 heteroatoms. The molecule has 0 saturated carbocycles. The number of para-hydroxylation sites is 1. The van der Waals surface area contributed by atoms with E-state index >= 15 is 0 Å². The van der Waals surface area contributed by atoms with Crippen molar-refractivity contribution in [3.63, 3.8) is 0 Å². The second kappa shape index (κ2) is 6.00. The maximum atomic E-state index is 12.5. The summed E-state index contributed by atoms with van der Waals surface area (Å²) in [5.74, 6) is 1.14. The third kappa shape index (κ3) is 3.17. The van der Waals surface area contributed by atoms with Crippen LogP contribution in [0.5, 0.6) is 5.75 Å². The van der Waals surface area contributed by atoms with Gasteiger partial charge in [0, 0.05) is 34.0 Å². The van der Waals surface area contributed by atoms with Gasteiger partial charge in [0.2, 0.25) is 0 Å². The summed E-state index contributed by atoms with van der Waals surface area (Å²) in [5, 5.41) is 0. The SMILES string of the molecule is Cc1cc(C(=O)CN2CCOc3ccccc3C2)c(C)s1. The summed E-state index contributed by atoms with van der Waals surface area (Å²) in [6.45, 7) is 6.70. The molecular formula is C17H19NO2S. The van der Waals surface area contributed by atoms with Gasteiger partial charge in [-0.05, 0) is 26.0 Å². The van der Waals surface area contributed by atoms with E-state index < -0.39 is 0 Å². The number of ketones is 1. The van der Waals surface area contributed by atoms with Crippen molar-refractivity contribution in [3.8, 4) is 5.75 Å². The Kier molecular flexibility index (Phi) is 4.08. The molecule has 0 bridgehead atoms. The Bertz CT molecular complexity index is 663. The van der Waals surface area contributed by atoms with Crippen molar-refractivity contribution < 1.29 is 9.53 Å². The molecule has 3 rings (SSSR count). The lowest BCUT2D eigenvalue weighted by Crippen LogP contribution is -2.31. The molecule has 0 unspecified atom stereocenters. The summed E-state index contributed by atoms with van der Waals surface area (Å²) in [6, 6.07) is 10.1. The molecule has 1 aromatic carbocycles. The van der Waals surface area contributed by atoms with Crippen LogP contribution in [0, 0.1) is 13.8 Å². The molecule has 0 atom stereocenters. The van der Waals surface area contributed by atoms with Crippen molar-refractivity contribution >= 4 is 17.1 Å². The lowest BCUT2D eigenvalue weighted by molar-refractivity contribution is 0.0921. The minimum atomic E-state index is 0.205. The number of carbonyl (C=O) groups excluding carboxylic acids is 1. The number of ether oxygens (including phenoxy) is 1. The molecule has 21 heavy (non-hydrogen) atoms. The van der Waals surface area contributed by atoms with Crippen LogP contribution in [0.25, 0.3) is 0 Å². The summed E-state index contributed by atoms with van der Waals surface area (Å²) in [7, 11) is 0. The molecule has 1 aliphatic rings. The van der Waals surface area contributed by atoms with E-state index in [1.807, 2.05) is 38.1 Å². The molecule has 2 heterocycles. The van der Waals surface area contributed by atoms with Crippen molar-refractivity contribution in [2.45, 2.75) is 20.4 Å². The second-order valence-electron chi connectivity index (χ2n) is 5.42. The first kappa shape index (κ1) is 14.3. The minimum Gasteiger partial charge on any atom is -0.492 e. The van der Waals surface area contributed by atoms with E-state index in [-0.39, 0.29) is 5.78 Å². The maximum Gasteiger partial charge on any atom is 0.177 e. The number of hydrogen-bond donors (Lipinski definition) is 0. The van der Waals surface area contributed by atoms with Gasteiger partial charge in [-0.1, -0.05) is 18.2 Å². The highest BCUT2D eigenvalue weighted by molar-refractivity contribution is 7.12. The molecule has 0 amide bonds. The summed E-state index contributed by atoms with van der Waals surface area (Å²) >= 11 is 1.69. The minimum absolute atomic E-state index is 0.205. The molecule has 3 nitrogen and oxygen atoms in total. The zero-order valence-electron chi connectivity index (χ0n) is 12.4.